The number of aryl methyl sites for hydroxylation is 1. The zero-order chi connectivity index (χ0) is 14.5. The topological polar surface area (TPSA) is 57.6 Å². The predicted octanol–water partition coefficient (Wildman–Crippen LogP) is 2.04. The Morgan fingerprint density at radius 1 is 1.45 bits per heavy atom. The predicted molar refractivity (Wildman–Crippen MR) is 80.7 cm³/mol. The molecule has 1 atom stereocenters. The van der Waals surface area contributed by atoms with Crippen molar-refractivity contribution in [1.82, 2.24) is 4.90 Å². The summed E-state index contributed by atoms with van der Waals surface area (Å²) >= 11 is 1.57. The molecule has 1 aromatic carbocycles. The number of hydrogen-bond donors (Lipinski definition) is 1. The molecule has 5 heteroatoms. The van der Waals surface area contributed by atoms with Gasteiger partial charge in [-0.15, -0.1) is 0 Å². The van der Waals surface area contributed by atoms with Crippen LogP contribution in [0.4, 0.5) is 0 Å². The summed E-state index contributed by atoms with van der Waals surface area (Å²) in [6, 6.07) is 7.09. The van der Waals surface area contributed by atoms with Gasteiger partial charge in [0.05, 0.1) is 0 Å². The minimum absolute atomic E-state index is 0.237. The molecule has 0 bridgehead atoms. The third kappa shape index (κ3) is 3.63. The van der Waals surface area contributed by atoms with Crippen LogP contribution in [0.3, 0.4) is 0 Å². The van der Waals surface area contributed by atoms with Crippen molar-refractivity contribution in [3.63, 3.8) is 0 Å². The van der Waals surface area contributed by atoms with Gasteiger partial charge in [0.25, 0.3) is 0 Å². The normalized spacial score (nSPS) is 19.2. The second-order valence-electron chi connectivity index (χ2n) is 4.71. The van der Waals surface area contributed by atoms with E-state index in [1.165, 1.54) is 11.0 Å². The highest BCUT2D eigenvalue weighted by Gasteiger charge is 2.31. The Bertz CT molecular complexity index is 542. The first kappa shape index (κ1) is 14.7. The molecule has 1 aliphatic rings. The molecule has 0 radical (unpaired) electrons. The van der Waals surface area contributed by atoms with Gasteiger partial charge in [0.2, 0.25) is 5.91 Å². The van der Waals surface area contributed by atoms with Crippen molar-refractivity contribution < 1.29 is 14.7 Å². The van der Waals surface area contributed by atoms with Crippen LogP contribution in [-0.2, 0) is 9.59 Å². The number of benzene rings is 1. The molecule has 20 heavy (non-hydrogen) atoms. The number of hydrogen-bond acceptors (Lipinski definition) is 3. The zero-order valence-corrected chi connectivity index (χ0v) is 12.1. The van der Waals surface area contributed by atoms with Gasteiger partial charge in [0.15, 0.2) is 0 Å². The summed E-state index contributed by atoms with van der Waals surface area (Å²) in [5.74, 6) is 0.0707. The van der Waals surface area contributed by atoms with Crippen molar-refractivity contribution in [2.45, 2.75) is 13.0 Å². The van der Waals surface area contributed by atoms with E-state index in [0.29, 0.717) is 12.3 Å². The summed E-state index contributed by atoms with van der Waals surface area (Å²) in [5, 5.41) is 9.15. The maximum Gasteiger partial charge on any atom is 0.327 e. The standard InChI is InChI=1S/C15H17NO3S/c1-11-3-2-4-12(9-11)5-6-14(17)16-7-8-20-10-13(16)15(18)19/h2-6,9,13H,7-8,10H2,1H3,(H,18,19)/b6-5+. The number of thioether (sulfide) groups is 1. The van der Waals surface area contributed by atoms with E-state index < -0.39 is 12.0 Å². The molecule has 1 heterocycles. The quantitative estimate of drug-likeness (QED) is 0.866. The van der Waals surface area contributed by atoms with Gasteiger partial charge in [-0.1, -0.05) is 29.8 Å². The van der Waals surface area contributed by atoms with Gasteiger partial charge in [-0.25, -0.2) is 4.79 Å². The third-order valence-corrected chi connectivity index (χ3v) is 4.18. The maximum absolute atomic E-state index is 12.1. The van der Waals surface area contributed by atoms with Crippen LogP contribution < -0.4 is 0 Å². The van der Waals surface area contributed by atoms with E-state index in [-0.39, 0.29) is 5.91 Å². The molecule has 1 fully saturated rings. The second kappa shape index (κ2) is 6.61. The molecule has 1 aromatic rings. The lowest BCUT2D eigenvalue weighted by Gasteiger charge is -2.31. The van der Waals surface area contributed by atoms with E-state index in [9.17, 15) is 9.59 Å². The molecule has 1 aliphatic heterocycles. The highest BCUT2D eigenvalue weighted by molar-refractivity contribution is 7.99. The minimum atomic E-state index is -0.936. The van der Waals surface area contributed by atoms with Gasteiger partial charge >= 0.3 is 5.97 Å². The molecule has 106 valence electrons. The molecule has 0 aliphatic carbocycles. The Morgan fingerprint density at radius 2 is 2.25 bits per heavy atom. The average molecular weight is 291 g/mol. The van der Waals surface area contributed by atoms with Gasteiger partial charge in [0.1, 0.15) is 6.04 Å². The van der Waals surface area contributed by atoms with Crippen molar-refractivity contribution in [2.24, 2.45) is 0 Å². The fraction of sp³-hybridized carbons (Fsp3) is 0.333. The Kier molecular flexibility index (Phi) is 4.84. The van der Waals surface area contributed by atoms with Crippen molar-refractivity contribution in [3.8, 4) is 0 Å². The van der Waals surface area contributed by atoms with Crippen LogP contribution in [0.15, 0.2) is 30.3 Å². The molecular weight excluding hydrogens is 274 g/mol. The number of aliphatic carboxylic acids is 1. The monoisotopic (exact) mass is 291 g/mol. The van der Waals surface area contributed by atoms with Crippen molar-refractivity contribution in [3.05, 3.63) is 41.5 Å². The molecule has 1 unspecified atom stereocenters. The lowest BCUT2D eigenvalue weighted by Crippen LogP contribution is -2.49. The number of carbonyl (C=O) groups excluding carboxylic acids is 1. The van der Waals surface area contributed by atoms with Crippen LogP contribution in [0.5, 0.6) is 0 Å². The molecule has 2 rings (SSSR count). The molecular formula is C15H17NO3S. The lowest BCUT2D eigenvalue weighted by atomic mass is 10.1. The molecule has 1 saturated heterocycles. The summed E-state index contributed by atoms with van der Waals surface area (Å²) < 4.78 is 0. The van der Waals surface area contributed by atoms with Crippen LogP contribution in [0, 0.1) is 6.92 Å². The van der Waals surface area contributed by atoms with Gasteiger partial charge in [-0.05, 0) is 18.6 Å². The van der Waals surface area contributed by atoms with Crippen LogP contribution in [0.1, 0.15) is 11.1 Å². The second-order valence-corrected chi connectivity index (χ2v) is 5.86. The number of rotatable bonds is 3. The minimum Gasteiger partial charge on any atom is -0.480 e. The van der Waals surface area contributed by atoms with Crippen molar-refractivity contribution in [1.29, 1.82) is 0 Å². The van der Waals surface area contributed by atoms with Crippen LogP contribution in [-0.4, -0.2) is 46.0 Å². The largest absolute Gasteiger partial charge is 0.480 e. The van der Waals surface area contributed by atoms with Crippen LogP contribution >= 0.6 is 11.8 Å². The zero-order valence-electron chi connectivity index (χ0n) is 11.3. The number of carboxylic acids is 1. The number of amides is 1. The number of nitrogens with zero attached hydrogens (tertiary/aromatic N) is 1. The summed E-state index contributed by atoms with van der Waals surface area (Å²) in [6.45, 7) is 2.47. The van der Waals surface area contributed by atoms with E-state index in [0.717, 1.165) is 16.9 Å². The van der Waals surface area contributed by atoms with Crippen LogP contribution in [0.2, 0.25) is 0 Å². The van der Waals surface area contributed by atoms with E-state index in [1.807, 2.05) is 31.2 Å². The van der Waals surface area contributed by atoms with Gasteiger partial charge in [-0.2, -0.15) is 11.8 Å². The van der Waals surface area contributed by atoms with Crippen LogP contribution in [0.25, 0.3) is 6.08 Å². The molecule has 0 spiro atoms. The van der Waals surface area contributed by atoms with E-state index >= 15 is 0 Å². The fourth-order valence-corrected chi connectivity index (χ4v) is 3.15. The Labute approximate surface area is 122 Å². The molecule has 0 aromatic heterocycles. The molecule has 1 amide bonds. The third-order valence-electron chi connectivity index (χ3n) is 3.16. The van der Waals surface area contributed by atoms with Gasteiger partial charge < -0.3 is 10.0 Å². The first-order chi connectivity index (χ1) is 9.58. The Balaban J connectivity index is 2.08. The number of carboxylic acid groups (broad SMARTS) is 1. The molecule has 1 N–H and O–H groups in total. The average Bonchev–Trinajstić information content (AvgIpc) is 2.45. The summed E-state index contributed by atoms with van der Waals surface area (Å²) in [6.07, 6.45) is 3.19. The first-order valence-electron chi connectivity index (χ1n) is 6.44. The number of carbonyl (C=O) groups is 2. The molecule has 4 nitrogen and oxygen atoms in total. The smallest absolute Gasteiger partial charge is 0.327 e. The summed E-state index contributed by atoms with van der Waals surface area (Å²) in [4.78, 5) is 24.7. The van der Waals surface area contributed by atoms with Gasteiger partial charge in [0, 0.05) is 24.1 Å². The fourth-order valence-electron chi connectivity index (χ4n) is 2.11. The summed E-state index contributed by atoms with van der Waals surface area (Å²) in [7, 11) is 0. The van der Waals surface area contributed by atoms with Crippen molar-refractivity contribution in [2.75, 3.05) is 18.1 Å². The Morgan fingerprint density at radius 3 is 2.95 bits per heavy atom. The van der Waals surface area contributed by atoms with E-state index in [4.69, 9.17) is 5.11 Å². The Hall–Kier alpha value is -1.75. The van der Waals surface area contributed by atoms with Crippen molar-refractivity contribution >= 4 is 29.7 Å². The van der Waals surface area contributed by atoms with Gasteiger partial charge in [-0.3, -0.25) is 4.79 Å². The highest BCUT2D eigenvalue weighted by Crippen LogP contribution is 2.17. The highest BCUT2D eigenvalue weighted by atomic mass is 32.2. The van der Waals surface area contributed by atoms with E-state index in [2.05, 4.69) is 0 Å². The van der Waals surface area contributed by atoms with E-state index in [1.54, 1.807) is 17.8 Å². The first-order valence-corrected chi connectivity index (χ1v) is 7.59. The maximum atomic E-state index is 12.1. The molecule has 0 saturated carbocycles. The lowest BCUT2D eigenvalue weighted by molar-refractivity contribution is -0.147. The SMILES string of the molecule is Cc1cccc(/C=C/C(=O)N2CCSCC2C(=O)O)c1. The summed E-state index contributed by atoms with van der Waals surface area (Å²) in [5.41, 5.74) is 2.06.